The molecule has 2 aliphatic rings. The fraction of sp³-hybridized carbons (Fsp3) is 0.778. The molecule has 3 unspecified atom stereocenters. The maximum atomic E-state index is 9.03. The maximum Gasteiger partial charge on any atom is 0.0470 e. The van der Waals surface area contributed by atoms with Crippen molar-refractivity contribution in [3.8, 4) is 0 Å². The second kappa shape index (κ2) is 2.09. The van der Waals surface area contributed by atoms with Gasteiger partial charge in [-0.05, 0) is 30.6 Å². The molecular formula is C9H14O. The molecule has 1 N–H and O–H groups in total. The minimum absolute atomic E-state index is 0.381. The van der Waals surface area contributed by atoms with Gasteiger partial charge in [0.15, 0.2) is 0 Å². The molecule has 0 aromatic rings. The summed E-state index contributed by atoms with van der Waals surface area (Å²) in [7, 11) is 0. The molecule has 2 rings (SSSR count). The molecule has 0 aromatic heterocycles. The molecule has 0 heterocycles. The Morgan fingerprint density at radius 2 is 2.50 bits per heavy atom. The molecule has 0 spiro atoms. The van der Waals surface area contributed by atoms with Crippen molar-refractivity contribution in [3.63, 3.8) is 0 Å². The normalized spacial score (nSPS) is 44.2. The highest BCUT2D eigenvalue weighted by atomic mass is 16.3. The maximum absolute atomic E-state index is 9.03. The molecule has 0 saturated heterocycles. The molecule has 1 nitrogen and oxygen atoms in total. The number of hydrogen-bond acceptors (Lipinski definition) is 1. The molecule has 3 atom stereocenters. The van der Waals surface area contributed by atoms with E-state index < -0.39 is 0 Å². The minimum Gasteiger partial charge on any atom is -0.396 e. The van der Waals surface area contributed by atoms with Crippen molar-refractivity contribution in [2.75, 3.05) is 6.61 Å². The van der Waals surface area contributed by atoms with Crippen molar-refractivity contribution in [2.24, 2.45) is 17.8 Å². The fourth-order valence-electron chi connectivity index (χ4n) is 2.43. The van der Waals surface area contributed by atoms with Crippen LogP contribution in [0.3, 0.4) is 0 Å². The SMILES string of the molecule is CC1C2=CC(CC2)C1CO. The molecule has 0 aromatic carbocycles. The van der Waals surface area contributed by atoms with E-state index in [4.69, 9.17) is 5.11 Å². The van der Waals surface area contributed by atoms with Crippen molar-refractivity contribution in [3.05, 3.63) is 11.6 Å². The van der Waals surface area contributed by atoms with Gasteiger partial charge in [0.2, 0.25) is 0 Å². The van der Waals surface area contributed by atoms with Gasteiger partial charge >= 0.3 is 0 Å². The predicted octanol–water partition coefficient (Wildman–Crippen LogP) is 1.58. The zero-order valence-electron chi connectivity index (χ0n) is 6.38. The van der Waals surface area contributed by atoms with Crippen LogP contribution < -0.4 is 0 Å². The van der Waals surface area contributed by atoms with Gasteiger partial charge in [0, 0.05) is 6.61 Å². The third-order valence-corrected chi connectivity index (χ3v) is 3.18. The molecule has 0 aliphatic heterocycles. The van der Waals surface area contributed by atoms with Crippen LogP contribution in [0.5, 0.6) is 0 Å². The van der Waals surface area contributed by atoms with Crippen LogP contribution in [-0.2, 0) is 0 Å². The molecule has 0 radical (unpaired) electrons. The Bertz CT molecular complexity index is 170. The number of aliphatic hydroxyl groups is 1. The van der Waals surface area contributed by atoms with Gasteiger partial charge in [0.1, 0.15) is 0 Å². The molecule has 0 amide bonds. The van der Waals surface area contributed by atoms with Gasteiger partial charge in [-0.2, -0.15) is 0 Å². The van der Waals surface area contributed by atoms with E-state index in [0.717, 1.165) is 5.92 Å². The van der Waals surface area contributed by atoms with Crippen molar-refractivity contribution in [2.45, 2.75) is 19.8 Å². The van der Waals surface area contributed by atoms with Crippen LogP contribution in [0.4, 0.5) is 0 Å². The standard InChI is InChI=1S/C9H14O/c1-6-7-2-3-8(4-7)9(6)5-10/h4,6,8-10H,2-3,5H2,1H3. The summed E-state index contributed by atoms with van der Waals surface area (Å²) >= 11 is 0. The van der Waals surface area contributed by atoms with Crippen molar-refractivity contribution >= 4 is 0 Å². The zero-order chi connectivity index (χ0) is 7.14. The lowest BCUT2D eigenvalue weighted by atomic mass is 9.80. The molecule has 0 saturated carbocycles. The Morgan fingerprint density at radius 3 is 2.90 bits per heavy atom. The zero-order valence-corrected chi connectivity index (χ0v) is 6.38. The molecule has 10 heavy (non-hydrogen) atoms. The third kappa shape index (κ3) is 0.671. The summed E-state index contributed by atoms with van der Waals surface area (Å²) in [5.74, 6) is 1.95. The van der Waals surface area contributed by atoms with Crippen LogP contribution in [0.25, 0.3) is 0 Å². The quantitative estimate of drug-likeness (QED) is 0.545. The first-order valence-electron chi connectivity index (χ1n) is 4.14. The Balaban J connectivity index is 2.16. The van der Waals surface area contributed by atoms with Crippen LogP contribution in [0.2, 0.25) is 0 Å². The summed E-state index contributed by atoms with van der Waals surface area (Å²) in [5.41, 5.74) is 1.60. The first-order chi connectivity index (χ1) is 4.83. The Labute approximate surface area is 61.8 Å². The Kier molecular flexibility index (Phi) is 1.34. The summed E-state index contributed by atoms with van der Waals surface area (Å²) in [6.45, 7) is 2.62. The average molecular weight is 138 g/mol. The van der Waals surface area contributed by atoms with Gasteiger partial charge < -0.3 is 5.11 Å². The predicted molar refractivity (Wildman–Crippen MR) is 40.5 cm³/mol. The molecule has 2 aliphatic carbocycles. The second-order valence-electron chi connectivity index (χ2n) is 3.58. The van der Waals surface area contributed by atoms with E-state index in [-0.39, 0.29) is 0 Å². The van der Waals surface area contributed by atoms with Gasteiger partial charge in [-0.25, -0.2) is 0 Å². The lowest BCUT2D eigenvalue weighted by Crippen LogP contribution is -2.22. The summed E-state index contributed by atoms with van der Waals surface area (Å²) in [6, 6.07) is 0. The lowest BCUT2D eigenvalue weighted by Gasteiger charge is -2.26. The summed E-state index contributed by atoms with van der Waals surface area (Å²) in [6.07, 6.45) is 4.97. The van der Waals surface area contributed by atoms with Gasteiger partial charge in [0.25, 0.3) is 0 Å². The fourth-order valence-corrected chi connectivity index (χ4v) is 2.43. The van der Waals surface area contributed by atoms with Gasteiger partial charge in [-0.15, -0.1) is 0 Å². The molecule has 2 bridgehead atoms. The second-order valence-corrected chi connectivity index (χ2v) is 3.58. The summed E-state index contributed by atoms with van der Waals surface area (Å²) in [5, 5.41) is 9.03. The van der Waals surface area contributed by atoms with E-state index in [9.17, 15) is 0 Å². The summed E-state index contributed by atoms with van der Waals surface area (Å²) < 4.78 is 0. The molecule has 0 fully saturated rings. The van der Waals surface area contributed by atoms with Crippen LogP contribution in [0, 0.1) is 17.8 Å². The van der Waals surface area contributed by atoms with Crippen LogP contribution in [-0.4, -0.2) is 11.7 Å². The molecule has 56 valence electrons. The van der Waals surface area contributed by atoms with Crippen LogP contribution in [0.1, 0.15) is 19.8 Å². The highest BCUT2D eigenvalue weighted by Gasteiger charge is 2.37. The van der Waals surface area contributed by atoms with Gasteiger partial charge in [0.05, 0.1) is 0 Å². The van der Waals surface area contributed by atoms with E-state index in [1.807, 2.05) is 0 Å². The molecule has 1 heteroatoms. The van der Waals surface area contributed by atoms with Crippen molar-refractivity contribution in [1.82, 2.24) is 0 Å². The summed E-state index contributed by atoms with van der Waals surface area (Å²) in [4.78, 5) is 0. The lowest BCUT2D eigenvalue weighted by molar-refractivity contribution is 0.157. The van der Waals surface area contributed by atoms with Crippen molar-refractivity contribution in [1.29, 1.82) is 0 Å². The largest absolute Gasteiger partial charge is 0.396 e. The minimum atomic E-state index is 0.381. The van der Waals surface area contributed by atoms with Gasteiger partial charge in [-0.1, -0.05) is 18.6 Å². The topological polar surface area (TPSA) is 20.2 Å². The van der Waals surface area contributed by atoms with E-state index in [1.54, 1.807) is 5.57 Å². The van der Waals surface area contributed by atoms with Gasteiger partial charge in [-0.3, -0.25) is 0 Å². The first kappa shape index (κ1) is 6.41. The van der Waals surface area contributed by atoms with Crippen LogP contribution >= 0.6 is 0 Å². The number of hydrogen-bond donors (Lipinski definition) is 1. The highest BCUT2D eigenvalue weighted by molar-refractivity contribution is 5.23. The van der Waals surface area contributed by atoms with E-state index in [1.165, 1.54) is 12.8 Å². The number of allylic oxidation sites excluding steroid dienone is 2. The van der Waals surface area contributed by atoms with Crippen LogP contribution in [0.15, 0.2) is 11.6 Å². The average Bonchev–Trinajstić information content (AvgIpc) is 2.46. The first-order valence-corrected chi connectivity index (χ1v) is 4.14. The van der Waals surface area contributed by atoms with Crippen molar-refractivity contribution < 1.29 is 5.11 Å². The number of rotatable bonds is 1. The Morgan fingerprint density at radius 1 is 1.70 bits per heavy atom. The number of fused-ring (bicyclic) bond motifs is 1. The smallest absolute Gasteiger partial charge is 0.0470 e. The Hall–Kier alpha value is -0.300. The monoisotopic (exact) mass is 138 g/mol. The number of aliphatic hydroxyl groups excluding tert-OH is 1. The van der Waals surface area contributed by atoms with E-state index in [0.29, 0.717) is 18.4 Å². The van der Waals surface area contributed by atoms with E-state index >= 15 is 0 Å². The molecular weight excluding hydrogens is 124 g/mol. The highest BCUT2D eigenvalue weighted by Crippen LogP contribution is 2.46. The third-order valence-electron chi connectivity index (χ3n) is 3.18. The van der Waals surface area contributed by atoms with E-state index in [2.05, 4.69) is 13.0 Å².